The molecule has 0 saturated heterocycles. The molecule has 0 bridgehead atoms. The number of fused-ring (bicyclic) bond motifs is 1. The molecule has 0 fully saturated rings. The van der Waals surface area contributed by atoms with Crippen molar-refractivity contribution in [1.82, 2.24) is 14.5 Å². The Labute approximate surface area is 187 Å². The van der Waals surface area contributed by atoms with Gasteiger partial charge in [-0.3, -0.25) is 9.24 Å². The summed E-state index contributed by atoms with van der Waals surface area (Å²) in [6.07, 6.45) is 0. The zero-order chi connectivity index (χ0) is 22.3. The van der Waals surface area contributed by atoms with Gasteiger partial charge in [-0.05, 0) is 37.6 Å². The number of para-hydroxylation sites is 2. The molecule has 0 radical (unpaired) electrons. The van der Waals surface area contributed by atoms with Crippen molar-refractivity contribution in [1.29, 1.82) is 0 Å². The molecule has 1 N–H and O–H groups in total. The molecule has 1 aromatic heterocycles. The first kappa shape index (κ1) is 20.3. The Kier molecular flexibility index (Phi) is 4.95. The second-order valence-corrected chi connectivity index (χ2v) is 10.3. The molecule has 32 heavy (non-hydrogen) atoms. The lowest BCUT2D eigenvalue weighted by Gasteiger charge is -2.35. The van der Waals surface area contributed by atoms with Crippen LogP contribution in [0.15, 0.2) is 89.9 Å². The summed E-state index contributed by atoms with van der Waals surface area (Å²) in [7, 11) is -1.50. The van der Waals surface area contributed by atoms with E-state index in [1.54, 1.807) is 9.35 Å². The summed E-state index contributed by atoms with van der Waals surface area (Å²) in [5.74, 6) is 1.23. The molecule has 7 heteroatoms. The van der Waals surface area contributed by atoms with Crippen LogP contribution in [0.5, 0.6) is 0 Å². The van der Waals surface area contributed by atoms with Crippen LogP contribution < -0.4 is 10.4 Å². The van der Waals surface area contributed by atoms with E-state index in [0.717, 1.165) is 22.5 Å². The highest BCUT2D eigenvalue weighted by Crippen LogP contribution is 2.54. The van der Waals surface area contributed by atoms with Crippen LogP contribution in [0.3, 0.4) is 0 Å². The van der Waals surface area contributed by atoms with Crippen LogP contribution in [-0.4, -0.2) is 27.3 Å². The summed E-state index contributed by atoms with van der Waals surface area (Å²) in [5.41, 5.74) is 4.31. The van der Waals surface area contributed by atoms with Crippen LogP contribution in [0.25, 0.3) is 5.69 Å². The Morgan fingerprint density at radius 1 is 0.844 bits per heavy atom. The molecule has 6 nitrogen and oxygen atoms in total. The highest BCUT2D eigenvalue weighted by molar-refractivity contribution is 7.72. The van der Waals surface area contributed by atoms with Crippen molar-refractivity contribution in [3.8, 4) is 5.69 Å². The van der Waals surface area contributed by atoms with Gasteiger partial charge in [0.25, 0.3) is 7.44 Å². The molecule has 5 rings (SSSR count). The van der Waals surface area contributed by atoms with E-state index in [4.69, 9.17) is 10.1 Å². The highest BCUT2D eigenvalue weighted by Gasteiger charge is 2.43. The van der Waals surface area contributed by atoms with Gasteiger partial charge in [0, 0.05) is 18.3 Å². The largest absolute Gasteiger partial charge is 0.316 e. The quantitative estimate of drug-likeness (QED) is 0.428. The minimum absolute atomic E-state index is 0.593. The van der Waals surface area contributed by atoms with Crippen molar-refractivity contribution in [3.63, 3.8) is 0 Å². The fourth-order valence-electron chi connectivity index (χ4n) is 4.00. The van der Waals surface area contributed by atoms with E-state index in [1.165, 1.54) is 0 Å². The molecular weight excluding hydrogens is 417 g/mol. The smallest absolute Gasteiger partial charge is 0.296 e. The molecule has 0 saturated carbocycles. The Hall–Kier alpha value is -3.63. The zero-order valence-electron chi connectivity index (χ0n) is 18.2. The van der Waals surface area contributed by atoms with E-state index in [2.05, 4.69) is 5.09 Å². The van der Waals surface area contributed by atoms with E-state index >= 15 is 0 Å². The average molecular weight is 441 g/mol. The molecule has 1 aliphatic rings. The third-order valence-electron chi connectivity index (χ3n) is 5.70. The number of nitrogens with zero attached hydrogens (tertiary/aromatic N) is 4. The molecule has 1 aliphatic heterocycles. The summed E-state index contributed by atoms with van der Waals surface area (Å²) < 4.78 is 18.4. The summed E-state index contributed by atoms with van der Waals surface area (Å²) in [4.78, 5) is 4.98. The molecular formula is C25H24N5OP. The predicted molar refractivity (Wildman–Crippen MR) is 131 cm³/mol. The molecule has 160 valence electrons. The zero-order valence-corrected chi connectivity index (χ0v) is 19.1. The van der Waals surface area contributed by atoms with Crippen molar-refractivity contribution >= 4 is 30.1 Å². The van der Waals surface area contributed by atoms with Crippen LogP contribution in [0.1, 0.15) is 16.8 Å². The normalized spacial score (nSPS) is 17.6. The number of hydrogen-bond acceptors (Lipinski definition) is 3. The number of rotatable bonds is 4. The molecule has 0 spiro atoms. The molecule has 0 unspecified atom stereocenters. The lowest BCUT2D eigenvalue weighted by atomic mass is 10.2. The maximum absolute atomic E-state index is 14.8. The van der Waals surface area contributed by atoms with Crippen molar-refractivity contribution < 1.29 is 4.57 Å². The summed E-state index contributed by atoms with van der Waals surface area (Å²) in [5, 5.41) is 8.77. The fourth-order valence-corrected chi connectivity index (χ4v) is 6.46. The van der Waals surface area contributed by atoms with Crippen LogP contribution in [-0.2, 0) is 4.57 Å². The Morgan fingerprint density at radius 3 is 2.16 bits per heavy atom. The maximum Gasteiger partial charge on any atom is 0.296 e. The minimum Gasteiger partial charge on any atom is -0.316 e. The van der Waals surface area contributed by atoms with Crippen LogP contribution in [0, 0.1) is 13.8 Å². The topological polar surface area (TPSA) is 62.5 Å². The van der Waals surface area contributed by atoms with Crippen molar-refractivity contribution in [2.24, 2.45) is 4.99 Å². The lowest BCUT2D eigenvalue weighted by molar-refractivity contribution is 0.553. The second-order valence-electron chi connectivity index (χ2n) is 7.83. The van der Waals surface area contributed by atoms with Gasteiger partial charge in [0.15, 0.2) is 5.82 Å². The average Bonchev–Trinajstić information content (AvgIpc) is 3.16. The number of nitrogens with one attached hydrogen (secondary N) is 1. The Bertz CT molecular complexity index is 1360. The van der Waals surface area contributed by atoms with Crippen molar-refractivity contribution in [2.45, 2.75) is 13.8 Å². The standard InChI is InChI=1S/C25H24N5OP/c1-18-12-10-11-17-22(18)28-32(31)23-19(2)27-30(21-15-8-5-9-16-21)25(23)26-24(29(32)3)20-13-6-4-7-14-20/h4-17H,1-3H3,(H,28,31)/t32-/m1/s1. The highest BCUT2D eigenvalue weighted by atomic mass is 31.2. The van der Waals surface area contributed by atoms with Gasteiger partial charge in [0.2, 0.25) is 0 Å². The van der Waals surface area contributed by atoms with Gasteiger partial charge in [-0.2, -0.15) is 5.10 Å². The maximum atomic E-state index is 14.8. The molecule has 0 amide bonds. The van der Waals surface area contributed by atoms with Crippen LogP contribution in [0.4, 0.5) is 11.5 Å². The van der Waals surface area contributed by atoms with Crippen molar-refractivity contribution in [3.05, 3.63) is 102 Å². The van der Waals surface area contributed by atoms with Crippen LogP contribution >= 0.6 is 7.44 Å². The van der Waals surface area contributed by atoms with E-state index in [9.17, 15) is 4.57 Å². The molecule has 4 aromatic rings. The van der Waals surface area contributed by atoms with Gasteiger partial charge in [-0.15, -0.1) is 0 Å². The van der Waals surface area contributed by atoms with Gasteiger partial charge in [0.05, 0.1) is 11.4 Å². The summed E-state index contributed by atoms with van der Waals surface area (Å²) in [6, 6.07) is 27.5. The molecule has 3 aromatic carbocycles. The number of aryl methyl sites for hydroxylation is 2. The molecule has 2 heterocycles. The number of anilines is 1. The lowest BCUT2D eigenvalue weighted by Crippen LogP contribution is -2.36. The van der Waals surface area contributed by atoms with Gasteiger partial charge in [0.1, 0.15) is 11.1 Å². The van der Waals surface area contributed by atoms with E-state index < -0.39 is 7.44 Å². The predicted octanol–water partition coefficient (Wildman–Crippen LogP) is 5.44. The van der Waals surface area contributed by atoms with Crippen molar-refractivity contribution in [2.75, 3.05) is 12.1 Å². The van der Waals surface area contributed by atoms with E-state index in [1.807, 2.05) is 106 Å². The summed E-state index contributed by atoms with van der Waals surface area (Å²) >= 11 is 0. The third-order valence-corrected chi connectivity index (χ3v) is 8.41. The van der Waals surface area contributed by atoms with Gasteiger partial charge < -0.3 is 5.09 Å². The first-order valence-corrected chi connectivity index (χ1v) is 12.1. The first-order chi connectivity index (χ1) is 15.5. The number of aliphatic imine (C=N–C) groups is 1. The number of aromatic nitrogens is 2. The number of benzene rings is 3. The van der Waals surface area contributed by atoms with Gasteiger partial charge in [-0.25, -0.2) is 9.67 Å². The van der Waals surface area contributed by atoms with Gasteiger partial charge in [-0.1, -0.05) is 66.7 Å². The Balaban J connectivity index is 1.77. The third kappa shape index (κ3) is 3.24. The monoisotopic (exact) mass is 441 g/mol. The minimum atomic E-state index is -3.33. The molecule has 1 atom stereocenters. The van der Waals surface area contributed by atoms with E-state index in [-0.39, 0.29) is 0 Å². The molecule has 0 aliphatic carbocycles. The fraction of sp³-hybridized carbons (Fsp3) is 0.120. The second kappa shape index (κ2) is 7.81. The summed E-state index contributed by atoms with van der Waals surface area (Å²) in [6.45, 7) is 3.90. The van der Waals surface area contributed by atoms with Gasteiger partial charge >= 0.3 is 0 Å². The van der Waals surface area contributed by atoms with Crippen LogP contribution in [0.2, 0.25) is 0 Å². The number of amidine groups is 1. The van der Waals surface area contributed by atoms with E-state index in [0.29, 0.717) is 22.7 Å². The SMILES string of the molecule is Cc1ccccc1N[P@]1(=O)c2c(C)nn(-c3ccccc3)c2N=C(c2ccccc2)N1C. The number of hydrogen-bond donors (Lipinski definition) is 1. The Morgan fingerprint density at radius 2 is 1.47 bits per heavy atom. The first-order valence-electron chi connectivity index (χ1n) is 10.5.